The van der Waals surface area contributed by atoms with Crippen LogP contribution in [-0.4, -0.2) is 25.3 Å². The number of ether oxygens (including phenoxy) is 1. The second-order valence-electron chi connectivity index (χ2n) is 5.86. The lowest BCUT2D eigenvalue weighted by molar-refractivity contribution is 0.368. The van der Waals surface area contributed by atoms with Gasteiger partial charge in [0, 0.05) is 25.6 Å². The van der Waals surface area contributed by atoms with Crippen molar-refractivity contribution < 1.29 is 9.26 Å². The molecule has 0 amide bonds. The summed E-state index contributed by atoms with van der Waals surface area (Å²) in [5.74, 6) is 2.85. The van der Waals surface area contributed by atoms with Crippen molar-refractivity contribution in [3.8, 4) is 5.75 Å². The van der Waals surface area contributed by atoms with Crippen molar-refractivity contribution in [2.45, 2.75) is 45.7 Å². The number of nitrogens with zero attached hydrogens (tertiary/aromatic N) is 2. The Balaban J connectivity index is 1.83. The molecule has 0 fully saturated rings. The number of nitrogens with one attached hydrogen (secondary N) is 2. The molecule has 2 N–H and O–H groups in total. The van der Waals surface area contributed by atoms with Gasteiger partial charge in [-0.1, -0.05) is 31.1 Å². The minimum atomic E-state index is 0.463. The Morgan fingerprint density at radius 2 is 1.84 bits per heavy atom. The van der Waals surface area contributed by atoms with E-state index in [2.05, 4.69) is 34.6 Å². The van der Waals surface area contributed by atoms with Gasteiger partial charge in [0.15, 0.2) is 11.7 Å². The summed E-state index contributed by atoms with van der Waals surface area (Å²) in [6.45, 7) is 5.58. The molecule has 2 rings (SSSR count). The molecule has 25 heavy (non-hydrogen) atoms. The van der Waals surface area contributed by atoms with Crippen LogP contribution < -0.4 is 15.4 Å². The largest absolute Gasteiger partial charge is 0.497 e. The van der Waals surface area contributed by atoms with Gasteiger partial charge in [-0.25, -0.2) is 0 Å². The van der Waals surface area contributed by atoms with Gasteiger partial charge in [-0.2, -0.15) is 0 Å². The molecule has 1 aromatic carbocycles. The van der Waals surface area contributed by atoms with E-state index in [4.69, 9.17) is 9.26 Å². The zero-order valence-electron chi connectivity index (χ0n) is 15.5. The molecule has 1 heterocycles. The Kier molecular flexibility index (Phi) is 7.32. The van der Waals surface area contributed by atoms with E-state index in [1.165, 1.54) is 0 Å². The number of hydrogen-bond donors (Lipinski definition) is 2. The van der Waals surface area contributed by atoms with Crippen molar-refractivity contribution in [1.82, 2.24) is 15.8 Å². The summed E-state index contributed by atoms with van der Waals surface area (Å²) in [5, 5.41) is 10.7. The summed E-state index contributed by atoms with van der Waals surface area (Å²) >= 11 is 0. The highest BCUT2D eigenvalue weighted by Gasteiger charge is 2.13. The average Bonchev–Trinajstić information content (AvgIpc) is 3.12. The molecule has 0 spiro atoms. The molecule has 0 saturated carbocycles. The maximum atomic E-state index is 5.42. The van der Waals surface area contributed by atoms with Crippen LogP contribution in [0.15, 0.2) is 39.8 Å². The third-order valence-corrected chi connectivity index (χ3v) is 4.25. The normalized spacial score (nSPS) is 11.6. The van der Waals surface area contributed by atoms with E-state index in [1.54, 1.807) is 14.2 Å². The highest BCUT2D eigenvalue weighted by molar-refractivity contribution is 5.79. The standard InChI is InChI=1S/C19H28N4O2/c1-5-15(6-2)18-11-17(25-23-18)13-22-19(20-3)21-12-14-7-9-16(24-4)10-8-14/h7-11,15H,5-6,12-13H2,1-4H3,(H2,20,21,22). The summed E-state index contributed by atoms with van der Waals surface area (Å²) in [5.41, 5.74) is 2.18. The second kappa shape index (κ2) is 9.71. The number of methoxy groups -OCH3 is 1. The first kappa shape index (κ1) is 18.8. The molecule has 2 aromatic rings. The van der Waals surface area contributed by atoms with Crippen molar-refractivity contribution in [3.05, 3.63) is 47.3 Å². The van der Waals surface area contributed by atoms with E-state index in [0.717, 1.165) is 41.6 Å². The van der Waals surface area contributed by atoms with Gasteiger partial charge in [0.1, 0.15) is 5.75 Å². The van der Waals surface area contributed by atoms with Crippen LogP contribution >= 0.6 is 0 Å². The number of guanidine groups is 1. The first-order chi connectivity index (χ1) is 12.2. The predicted molar refractivity (Wildman–Crippen MR) is 99.9 cm³/mol. The molecule has 0 radical (unpaired) electrons. The van der Waals surface area contributed by atoms with Crippen molar-refractivity contribution >= 4 is 5.96 Å². The van der Waals surface area contributed by atoms with E-state index in [-0.39, 0.29) is 0 Å². The lowest BCUT2D eigenvalue weighted by Crippen LogP contribution is -2.36. The summed E-state index contributed by atoms with van der Waals surface area (Å²) in [6.07, 6.45) is 2.14. The smallest absolute Gasteiger partial charge is 0.191 e. The van der Waals surface area contributed by atoms with E-state index in [1.807, 2.05) is 30.3 Å². The number of benzene rings is 1. The minimum absolute atomic E-state index is 0.463. The third kappa shape index (κ3) is 5.52. The van der Waals surface area contributed by atoms with Crippen molar-refractivity contribution in [2.75, 3.05) is 14.2 Å². The van der Waals surface area contributed by atoms with Gasteiger partial charge in [-0.15, -0.1) is 0 Å². The van der Waals surface area contributed by atoms with Gasteiger partial charge in [0.05, 0.1) is 19.3 Å². The van der Waals surface area contributed by atoms with Crippen LogP contribution in [0.2, 0.25) is 0 Å². The molecule has 0 aliphatic heterocycles. The van der Waals surface area contributed by atoms with Crippen LogP contribution in [0.5, 0.6) is 5.75 Å². The van der Waals surface area contributed by atoms with Crippen LogP contribution in [0.25, 0.3) is 0 Å². The van der Waals surface area contributed by atoms with Crippen LogP contribution in [0, 0.1) is 0 Å². The average molecular weight is 344 g/mol. The van der Waals surface area contributed by atoms with Crippen molar-refractivity contribution in [3.63, 3.8) is 0 Å². The highest BCUT2D eigenvalue weighted by atomic mass is 16.5. The second-order valence-corrected chi connectivity index (χ2v) is 5.86. The topological polar surface area (TPSA) is 71.7 Å². The fourth-order valence-electron chi connectivity index (χ4n) is 2.63. The fourth-order valence-corrected chi connectivity index (χ4v) is 2.63. The monoisotopic (exact) mass is 344 g/mol. The lowest BCUT2D eigenvalue weighted by atomic mass is 9.99. The zero-order chi connectivity index (χ0) is 18.1. The van der Waals surface area contributed by atoms with Gasteiger partial charge in [-0.05, 0) is 30.5 Å². The molecular formula is C19H28N4O2. The van der Waals surface area contributed by atoms with Crippen molar-refractivity contribution in [1.29, 1.82) is 0 Å². The Morgan fingerprint density at radius 1 is 1.16 bits per heavy atom. The lowest BCUT2D eigenvalue weighted by Gasteiger charge is -2.11. The van der Waals surface area contributed by atoms with Crippen LogP contribution in [-0.2, 0) is 13.1 Å². The summed E-state index contributed by atoms with van der Waals surface area (Å²) in [4.78, 5) is 4.23. The van der Waals surface area contributed by atoms with Gasteiger partial charge in [0.25, 0.3) is 0 Å². The zero-order valence-corrected chi connectivity index (χ0v) is 15.5. The Labute approximate surface area is 149 Å². The van der Waals surface area contributed by atoms with Crippen LogP contribution in [0.3, 0.4) is 0 Å². The van der Waals surface area contributed by atoms with Crippen LogP contribution in [0.1, 0.15) is 49.6 Å². The fraction of sp³-hybridized carbons (Fsp3) is 0.474. The molecule has 0 unspecified atom stereocenters. The Bertz CT molecular complexity index is 660. The van der Waals surface area contributed by atoms with Crippen LogP contribution in [0.4, 0.5) is 0 Å². The maximum Gasteiger partial charge on any atom is 0.191 e. The van der Waals surface area contributed by atoms with E-state index >= 15 is 0 Å². The summed E-state index contributed by atoms with van der Waals surface area (Å²) in [7, 11) is 3.41. The SMILES string of the molecule is CCC(CC)c1cc(CNC(=NC)NCc2ccc(OC)cc2)on1. The number of aliphatic imine (C=N–C) groups is 1. The summed E-state index contributed by atoms with van der Waals surface area (Å²) < 4.78 is 10.6. The molecule has 0 bridgehead atoms. The number of aromatic nitrogens is 1. The molecule has 0 aliphatic carbocycles. The Morgan fingerprint density at radius 3 is 2.44 bits per heavy atom. The first-order valence-corrected chi connectivity index (χ1v) is 8.73. The van der Waals surface area contributed by atoms with E-state index < -0.39 is 0 Å². The third-order valence-electron chi connectivity index (χ3n) is 4.25. The van der Waals surface area contributed by atoms with Gasteiger partial charge < -0.3 is 19.9 Å². The molecular weight excluding hydrogens is 316 g/mol. The maximum absolute atomic E-state index is 5.42. The van der Waals surface area contributed by atoms with Crippen molar-refractivity contribution in [2.24, 2.45) is 4.99 Å². The highest BCUT2D eigenvalue weighted by Crippen LogP contribution is 2.22. The number of hydrogen-bond acceptors (Lipinski definition) is 4. The molecule has 0 atom stereocenters. The first-order valence-electron chi connectivity index (χ1n) is 8.73. The van der Waals surface area contributed by atoms with Gasteiger partial charge in [-0.3, -0.25) is 4.99 Å². The van der Waals surface area contributed by atoms with Gasteiger partial charge in [0.2, 0.25) is 0 Å². The molecule has 136 valence electrons. The molecule has 0 aliphatic rings. The molecule has 1 aromatic heterocycles. The molecule has 0 saturated heterocycles. The molecule has 6 heteroatoms. The molecule has 6 nitrogen and oxygen atoms in total. The predicted octanol–water partition coefficient (Wildman–Crippen LogP) is 3.45. The summed E-state index contributed by atoms with van der Waals surface area (Å²) in [6, 6.07) is 9.97. The quantitative estimate of drug-likeness (QED) is 0.567. The minimum Gasteiger partial charge on any atom is -0.497 e. The number of rotatable bonds is 8. The Hall–Kier alpha value is -2.50. The van der Waals surface area contributed by atoms with Gasteiger partial charge >= 0.3 is 0 Å². The van der Waals surface area contributed by atoms with E-state index in [9.17, 15) is 0 Å². The van der Waals surface area contributed by atoms with E-state index in [0.29, 0.717) is 19.0 Å².